The van der Waals surface area contributed by atoms with E-state index in [1.807, 2.05) is 0 Å². The number of benzene rings is 1. The molecule has 6 heteroatoms. The van der Waals surface area contributed by atoms with Gasteiger partial charge in [0.2, 0.25) is 5.82 Å². The van der Waals surface area contributed by atoms with Crippen molar-refractivity contribution in [2.24, 2.45) is 0 Å². The number of aliphatic hydroxyl groups excluding tert-OH is 1. The Morgan fingerprint density at radius 3 is 2.74 bits per heavy atom. The molecule has 1 fully saturated rings. The van der Waals surface area contributed by atoms with Crippen LogP contribution >= 0.6 is 0 Å². The maximum atomic E-state index is 11.9. The first kappa shape index (κ1) is 11.9. The number of aromatic amines is 1. The minimum atomic E-state index is -0.333. The van der Waals surface area contributed by atoms with Crippen molar-refractivity contribution in [3.63, 3.8) is 0 Å². The van der Waals surface area contributed by atoms with Crippen molar-refractivity contribution >= 4 is 11.6 Å². The summed E-state index contributed by atoms with van der Waals surface area (Å²) >= 11 is 0. The monoisotopic (exact) mass is 258 g/mol. The molecule has 0 atom stereocenters. The number of carbonyl (C=O) groups excluding carboxylic acids is 1. The zero-order valence-electron chi connectivity index (χ0n) is 10.3. The van der Waals surface area contributed by atoms with Gasteiger partial charge in [0, 0.05) is 11.6 Å². The number of nitrogens with one attached hydrogen (secondary N) is 2. The van der Waals surface area contributed by atoms with Crippen LogP contribution in [0.5, 0.6) is 0 Å². The Bertz CT molecular complexity index is 587. The maximum absolute atomic E-state index is 11.9. The predicted octanol–water partition coefficient (Wildman–Crippen LogP) is 1.43. The van der Waals surface area contributed by atoms with Crippen LogP contribution in [0.15, 0.2) is 24.3 Å². The fourth-order valence-electron chi connectivity index (χ4n) is 1.80. The minimum absolute atomic E-state index is 0.0140. The van der Waals surface area contributed by atoms with E-state index in [0.717, 1.165) is 24.2 Å². The number of nitrogens with zero attached hydrogens (tertiary/aromatic N) is 2. The van der Waals surface area contributed by atoms with Gasteiger partial charge in [0.05, 0.1) is 6.61 Å². The molecule has 0 spiro atoms. The molecule has 19 heavy (non-hydrogen) atoms. The molecule has 0 radical (unpaired) electrons. The van der Waals surface area contributed by atoms with Gasteiger partial charge in [-0.1, -0.05) is 12.1 Å². The number of anilines is 1. The van der Waals surface area contributed by atoms with Crippen LogP contribution in [0.3, 0.4) is 0 Å². The van der Waals surface area contributed by atoms with Crippen molar-refractivity contribution in [1.29, 1.82) is 0 Å². The molecular formula is C13H14N4O2. The summed E-state index contributed by atoms with van der Waals surface area (Å²) in [7, 11) is 0. The lowest BCUT2D eigenvalue weighted by Crippen LogP contribution is -2.13. The van der Waals surface area contributed by atoms with E-state index >= 15 is 0 Å². The van der Waals surface area contributed by atoms with E-state index in [4.69, 9.17) is 5.11 Å². The van der Waals surface area contributed by atoms with Gasteiger partial charge in [-0.3, -0.25) is 9.89 Å². The molecule has 1 saturated carbocycles. The summed E-state index contributed by atoms with van der Waals surface area (Å²) in [5.41, 5.74) is 1.45. The summed E-state index contributed by atoms with van der Waals surface area (Å²) < 4.78 is 0. The standard InChI is InChI=1S/C13H14N4O2/c18-7-8-1-5-10(6-2-8)14-13(19)12-15-11(16-17-12)9-3-4-9/h1-2,5-6,9,18H,3-4,7H2,(H,14,19)(H,15,16,17). The zero-order chi connectivity index (χ0) is 13.2. The van der Waals surface area contributed by atoms with Crippen LogP contribution in [0.4, 0.5) is 5.69 Å². The van der Waals surface area contributed by atoms with Crippen molar-refractivity contribution in [2.45, 2.75) is 25.4 Å². The number of rotatable bonds is 4. The molecule has 0 unspecified atom stereocenters. The van der Waals surface area contributed by atoms with Gasteiger partial charge >= 0.3 is 0 Å². The highest BCUT2D eigenvalue weighted by Gasteiger charge is 2.28. The molecule has 0 aliphatic heterocycles. The van der Waals surface area contributed by atoms with Crippen LogP contribution in [-0.2, 0) is 6.61 Å². The molecule has 3 rings (SSSR count). The van der Waals surface area contributed by atoms with E-state index in [0.29, 0.717) is 11.6 Å². The Labute approximate surface area is 109 Å². The van der Waals surface area contributed by atoms with Crippen LogP contribution < -0.4 is 5.32 Å². The summed E-state index contributed by atoms with van der Waals surface area (Å²) in [5.74, 6) is 1.06. The van der Waals surface area contributed by atoms with Gasteiger partial charge in [-0.25, -0.2) is 4.98 Å². The molecule has 6 nitrogen and oxygen atoms in total. The molecule has 1 heterocycles. The smallest absolute Gasteiger partial charge is 0.295 e. The predicted molar refractivity (Wildman–Crippen MR) is 68.7 cm³/mol. The van der Waals surface area contributed by atoms with Gasteiger partial charge < -0.3 is 10.4 Å². The van der Waals surface area contributed by atoms with Crippen LogP contribution in [0.1, 0.15) is 40.8 Å². The van der Waals surface area contributed by atoms with E-state index < -0.39 is 0 Å². The average Bonchev–Trinajstić information content (AvgIpc) is 3.17. The fraction of sp³-hybridized carbons (Fsp3) is 0.308. The van der Waals surface area contributed by atoms with Crippen molar-refractivity contribution in [2.75, 3.05) is 5.32 Å². The van der Waals surface area contributed by atoms with E-state index in [1.54, 1.807) is 24.3 Å². The quantitative estimate of drug-likeness (QED) is 0.773. The number of carbonyl (C=O) groups is 1. The van der Waals surface area contributed by atoms with Gasteiger partial charge in [-0.15, -0.1) is 5.10 Å². The normalized spacial score (nSPS) is 14.4. The first-order valence-electron chi connectivity index (χ1n) is 6.19. The van der Waals surface area contributed by atoms with Crippen molar-refractivity contribution in [3.8, 4) is 0 Å². The summed E-state index contributed by atoms with van der Waals surface area (Å²) in [5, 5.41) is 18.4. The molecule has 2 aromatic rings. The van der Waals surface area contributed by atoms with Crippen LogP contribution in [0, 0.1) is 0 Å². The van der Waals surface area contributed by atoms with Crippen LogP contribution in [0.2, 0.25) is 0 Å². The SMILES string of the molecule is O=C(Nc1ccc(CO)cc1)c1n[nH]c(C2CC2)n1. The Balaban J connectivity index is 1.68. The molecule has 1 aromatic carbocycles. The number of H-pyrrole nitrogens is 1. The van der Waals surface area contributed by atoms with Gasteiger partial charge in [0.1, 0.15) is 5.82 Å². The number of hydrogen-bond acceptors (Lipinski definition) is 4. The average molecular weight is 258 g/mol. The number of aliphatic hydroxyl groups is 1. The molecule has 0 saturated heterocycles. The number of hydrogen-bond donors (Lipinski definition) is 3. The van der Waals surface area contributed by atoms with E-state index in [9.17, 15) is 4.79 Å². The van der Waals surface area contributed by atoms with Gasteiger partial charge in [-0.2, -0.15) is 0 Å². The number of amides is 1. The third-order valence-electron chi connectivity index (χ3n) is 3.06. The highest BCUT2D eigenvalue weighted by atomic mass is 16.3. The third-order valence-corrected chi connectivity index (χ3v) is 3.06. The summed E-state index contributed by atoms with van der Waals surface area (Å²) in [6.07, 6.45) is 2.22. The molecule has 1 amide bonds. The van der Waals surface area contributed by atoms with Gasteiger partial charge in [0.25, 0.3) is 5.91 Å². The summed E-state index contributed by atoms with van der Waals surface area (Å²) in [4.78, 5) is 16.1. The highest BCUT2D eigenvalue weighted by molar-refractivity contribution is 6.01. The fourth-order valence-corrected chi connectivity index (χ4v) is 1.80. The van der Waals surface area contributed by atoms with Crippen molar-refractivity contribution in [1.82, 2.24) is 15.2 Å². The second kappa shape index (κ2) is 4.81. The Hall–Kier alpha value is -2.21. The van der Waals surface area contributed by atoms with E-state index in [2.05, 4.69) is 20.5 Å². The largest absolute Gasteiger partial charge is 0.392 e. The first-order chi connectivity index (χ1) is 9.26. The lowest BCUT2D eigenvalue weighted by molar-refractivity contribution is 0.101. The third kappa shape index (κ3) is 2.63. The van der Waals surface area contributed by atoms with E-state index in [-0.39, 0.29) is 18.3 Å². The first-order valence-corrected chi connectivity index (χ1v) is 6.19. The summed E-state index contributed by atoms with van der Waals surface area (Å²) in [6.45, 7) is -0.0140. The Morgan fingerprint density at radius 2 is 2.11 bits per heavy atom. The lowest BCUT2D eigenvalue weighted by Gasteiger charge is -2.03. The van der Waals surface area contributed by atoms with Gasteiger partial charge in [0.15, 0.2) is 0 Å². The Morgan fingerprint density at radius 1 is 1.37 bits per heavy atom. The molecule has 1 aliphatic rings. The molecule has 3 N–H and O–H groups in total. The lowest BCUT2D eigenvalue weighted by atomic mass is 10.2. The number of aromatic nitrogens is 3. The van der Waals surface area contributed by atoms with E-state index in [1.165, 1.54) is 0 Å². The minimum Gasteiger partial charge on any atom is -0.392 e. The maximum Gasteiger partial charge on any atom is 0.295 e. The zero-order valence-corrected chi connectivity index (χ0v) is 10.3. The van der Waals surface area contributed by atoms with Gasteiger partial charge in [-0.05, 0) is 30.5 Å². The molecule has 1 aliphatic carbocycles. The topological polar surface area (TPSA) is 90.9 Å². The molecule has 98 valence electrons. The second-order valence-corrected chi connectivity index (χ2v) is 4.63. The molecule has 0 bridgehead atoms. The molecule has 1 aromatic heterocycles. The van der Waals surface area contributed by atoms with Crippen LogP contribution in [-0.4, -0.2) is 26.2 Å². The van der Waals surface area contributed by atoms with Crippen LogP contribution in [0.25, 0.3) is 0 Å². The highest BCUT2D eigenvalue weighted by Crippen LogP contribution is 2.37. The van der Waals surface area contributed by atoms with Crippen molar-refractivity contribution < 1.29 is 9.90 Å². The van der Waals surface area contributed by atoms with Crippen molar-refractivity contribution in [3.05, 3.63) is 41.5 Å². The second-order valence-electron chi connectivity index (χ2n) is 4.63. The molecular weight excluding hydrogens is 244 g/mol. The Kier molecular flexibility index (Phi) is 3.00. The summed E-state index contributed by atoms with van der Waals surface area (Å²) in [6, 6.07) is 6.97.